The fraction of sp³-hybridized carbons (Fsp3) is 0.562. The summed E-state index contributed by atoms with van der Waals surface area (Å²) in [5.74, 6) is 1.10. The third kappa shape index (κ3) is 4.53. The van der Waals surface area contributed by atoms with Crippen LogP contribution in [0.3, 0.4) is 0 Å². The van der Waals surface area contributed by atoms with E-state index in [1.807, 2.05) is 42.3 Å². The number of benzene rings is 1. The minimum atomic E-state index is 0.0174. The Kier molecular flexibility index (Phi) is 5.87. The lowest BCUT2D eigenvalue weighted by Gasteiger charge is -2.27. The van der Waals surface area contributed by atoms with Crippen LogP contribution in [0.4, 0.5) is 0 Å². The summed E-state index contributed by atoms with van der Waals surface area (Å²) in [5, 5.41) is 3.29. The number of para-hydroxylation sites is 1. The molecule has 1 amide bonds. The first-order chi connectivity index (χ1) is 9.77. The zero-order valence-corrected chi connectivity index (χ0v) is 12.2. The van der Waals surface area contributed by atoms with Crippen LogP contribution in [0.15, 0.2) is 30.3 Å². The van der Waals surface area contributed by atoms with E-state index in [-0.39, 0.29) is 11.9 Å². The summed E-state index contributed by atoms with van der Waals surface area (Å²) >= 11 is 0. The van der Waals surface area contributed by atoms with E-state index in [2.05, 4.69) is 5.32 Å². The number of carbonyl (C=O) groups is 1. The molecule has 20 heavy (non-hydrogen) atoms. The van der Waals surface area contributed by atoms with Crippen LogP contribution in [-0.2, 0) is 4.79 Å². The minimum Gasteiger partial charge on any atom is -0.494 e. The standard InChI is InChI=1S/C16H24N2O2/c1-18(16(19)15-10-5-6-11-17-15)12-7-13-20-14-8-3-2-4-9-14/h2-4,8-9,15,17H,5-7,10-13H2,1H3/t15-/m0/s1. The Morgan fingerprint density at radius 2 is 2.15 bits per heavy atom. The van der Waals surface area contributed by atoms with Crippen molar-refractivity contribution in [1.82, 2.24) is 10.2 Å². The molecule has 4 nitrogen and oxygen atoms in total. The second-order valence-corrected chi connectivity index (χ2v) is 5.28. The monoisotopic (exact) mass is 276 g/mol. The molecule has 2 rings (SSSR count). The Morgan fingerprint density at radius 3 is 2.85 bits per heavy atom. The highest BCUT2D eigenvalue weighted by Crippen LogP contribution is 2.10. The van der Waals surface area contributed by atoms with Crippen molar-refractivity contribution < 1.29 is 9.53 Å². The Balaban J connectivity index is 1.64. The van der Waals surface area contributed by atoms with Crippen molar-refractivity contribution in [3.8, 4) is 5.75 Å². The van der Waals surface area contributed by atoms with Gasteiger partial charge >= 0.3 is 0 Å². The van der Waals surface area contributed by atoms with Gasteiger partial charge < -0.3 is 15.0 Å². The zero-order valence-electron chi connectivity index (χ0n) is 12.2. The maximum absolute atomic E-state index is 12.2. The van der Waals surface area contributed by atoms with E-state index in [0.29, 0.717) is 6.61 Å². The molecule has 1 N–H and O–H groups in total. The first-order valence-corrected chi connectivity index (χ1v) is 7.43. The van der Waals surface area contributed by atoms with Crippen molar-refractivity contribution in [1.29, 1.82) is 0 Å². The summed E-state index contributed by atoms with van der Waals surface area (Å²) in [4.78, 5) is 14.0. The maximum atomic E-state index is 12.2. The summed E-state index contributed by atoms with van der Waals surface area (Å²) in [6.45, 7) is 2.34. The van der Waals surface area contributed by atoms with Gasteiger partial charge in [0.1, 0.15) is 5.75 Å². The molecule has 1 fully saturated rings. The summed E-state index contributed by atoms with van der Waals surface area (Å²) < 4.78 is 5.63. The van der Waals surface area contributed by atoms with Gasteiger partial charge in [0, 0.05) is 13.6 Å². The molecule has 0 radical (unpaired) electrons. The number of nitrogens with one attached hydrogen (secondary N) is 1. The van der Waals surface area contributed by atoms with Crippen molar-refractivity contribution >= 4 is 5.91 Å². The number of amides is 1. The van der Waals surface area contributed by atoms with E-state index in [1.165, 1.54) is 6.42 Å². The predicted octanol–water partition coefficient (Wildman–Crippen LogP) is 2.06. The van der Waals surface area contributed by atoms with Gasteiger partial charge in [-0.15, -0.1) is 0 Å². The van der Waals surface area contributed by atoms with Gasteiger partial charge in [-0.3, -0.25) is 4.79 Å². The number of carbonyl (C=O) groups excluding carboxylic acids is 1. The summed E-state index contributed by atoms with van der Waals surface area (Å²) in [6, 6.07) is 9.79. The van der Waals surface area contributed by atoms with Crippen molar-refractivity contribution in [2.24, 2.45) is 0 Å². The molecule has 0 unspecified atom stereocenters. The Labute approximate surface area is 121 Å². The number of hydrogen-bond donors (Lipinski definition) is 1. The average molecular weight is 276 g/mol. The van der Waals surface area contributed by atoms with E-state index in [0.717, 1.165) is 38.1 Å². The maximum Gasteiger partial charge on any atom is 0.239 e. The number of nitrogens with zero attached hydrogens (tertiary/aromatic N) is 1. The molecule has 0 aromatic heterocycles. The highest BCUT2D eigenvalue weighted by molar-refractivity contribution is 5.81. The van der Waals surface area contributed by atoms with Gasteiger partial charge in [0.25, 0.3) is 0 Å². The van der Waals surface area contributed by atoms with E-state index in [1.54, 1.807) is 0 Å². The molecular weight excluding hydrogens is 252 g/mol. The lowest BCUT2D eigenvalue weighted by atomic mass is 10.0. The molecule has 110 valence electrons. The van der Waals surface area contributed by atoms with Gasteiger partial charge in [-0.1, -0.05) is 24.6 Å². The molecule has 4 heteroatoms. The van der Waals surface area contributed by atoms with Crippen LogP contribution >= 0.6 is 0 Å². The number of hydrogen-bond acceptors (Lipinski definition) is 3. The lowest BCUT2D eigenvalue weighted by molar-refractivity contribution is -0.132. The topological polar surface area (TPSA) is 41.6 Å². The van der Waals surface area contributed by atoms with Crippen molar-refractivity contribution in [2.75, 3.05) is 26.7 Å². The normalized spacial score (nSPS) is 18.6. The number of piperidine rings is 1. The second kappa shape index (κ2) is 7.90. The Hall–Kier alpha value is -1.55. The Bertz CT molecular complexity index is 402. The van der Waals surface area contributed by atoms with Gasteiger partial charge in [-0.2, -0.15) is 0 Å². The van der Waals surface area contributed by atoms with E-state index < -0.39 is 0 Å². The summed E-state index contributed by atoms with van der Waals surface area (Å²) in [5.41, 5.74) is 0. The second-order valence-electron chi connectivity index (χ2n) is 5.28. The molecule has 1 atom stereocenters. The van der Waals surface area contributed by atoms with Gasteiger partial charge in [0.05, 0.1) is 12.6 Å². The van der Waals surface area contributed by atoms with Gasteiger partial charge in [0.15, 0.2) is 0 Å². The predicted molar refractivity (Wildman–Crippen MR) is 79.8 cm³/mol. The molecule has 0 saturated carbocycles. The summed E-state index contributed by atoms with van der Waals surface area (Å²) in [6.07, 6.45) is 4.14. The van der Waals surface area contributed by atoms with E-state index in [9.17, 15) is 4.79 Å². The molecule has 1 aliphatic rings. The lowest BCUT2D eigenvalue weighted by Crippen LogP contribution is -2.47. The number of likely N-dealkylation sites (N-methyl/N-ethyl adjacent to an activating group) is 1. The first kappa shape index (κ1) is 14.9. The van der Waals surface area contributed by atoms with Crippen LogP contribution in [0.5, 0.6) is 5.75 Å². The minimum absolute atomic E-state index is 0.0174. The number of ether oxygens (including phenoxy) is 1. The quantitative estimate of drug-likeness (QED) is 0.809. The van der Waals surface area contributed by atoms with E-state index in [4.69, 9.17) is 4.74 Å². The smallest absolute Gasteiger partial charge is 0.239 e. The van der Waals surface area contributed by atoms with Crippen molar-refractivity contribution in [3.63, 3.8) is 0 Å². The number of rotatable bonds is 6. The molecule has 0 bridgehead atoms. The van der Waals surface area contributed by atoms with Crippen molar-refractivity contribution in [3.05, 3.63) is 30.3 Å². The molecule has 1 aromatic rings. The zero-order chi connectivity index (χ0) is 14.2. The van der Waals surface area contributed by atoms with Gasteiger partial charge in [0.2, 0.25) is 5.91 Å². The molecular formula is C16H24N2O2. The van der Waals surface area contributed by atoms with Crippen LogP contribution in [0.1, 0.15) is 25.7 Å². The highest BCUT2D eigenvalue weighted by Gasteiger charge is 2.23. The first-order valence-electron chi connectivity index (χ1n) is 7.43. The SMILES string of the molecule is CN(CCCOc1ccccc1)C(=O)[C@@H]1CCCCN1. The third-order valence-corrected chi connectivity index (χ3v) is 3.63. The molecule has 1 aromatic carbocycles. The fourth-order valence-corrected chi connectivity index (χ4v) is 2.45. The van der Waals surface area contributed by atoms with Crippen LogP contribution in [0.2, 0.25) is 0 Å². The third-order valence-electron chi connectivity index (χ3n) is 3.63. The van der Waals surface area contributed by atoms with Crippen molar-refractivity contribution in [2.45, 2.75) is 31.7 Å². The molecule has 1 aliphatic heterocycles. The molecule has 0 aliphatic carbocycles. The van der Waals surface area contributed by atoms with Gasteiger partial charge in [-0.25, -0.2) is 0 Å². The van der Waals surface area contributed by atoms with Crippen LogP contribution in [0, 0.1) is 0 Å². The molecule has 1 saturated heterocycles. The van der Waals surface area contributed by atoms with Crippen LogP contribution in [0.25, 0.3) is 0 Å². The highest BCUT2D eigenvalue weighted by atomic mass is 16.5. The molecule has 1 heterocycles. The van der Waals surface area contributed by atoms with Gasteiger partial charge in [-0.05, 0) is 37.9 Å². The largest absolute Gasteiger partial charge is 0.494 e. The Morgan fingerprint density at radius 1 is 1.35 bits per heavy atom. The molecule has 0 spiro atoms. The van der Waals surface area contributed by atoms with Crippen LogP contribution < -0.4 is 10.1 Å². The summed E-state index contributed by atoms with van der Waals surface area (Å²) in [7, 11) is 1.88. The average Bonchev–Trinajstić information content (AvgIpc) is 2.52. The van der Waals surface area contributed by atoms with Crippen LogP contribution in [-0.4, -0.2) is 43.6 Å². The van der Waals surface area contributed by atoms with E-state index >= 15 is 0 Å². The fourth-order valence-electron chi connectivity index (χ4n) is 2.45.